The summed E-state index contributed by atoms with van der Waals surface area (Å²) < 4.78 is 13.8. The van der Waals surface area contributed by atoms with Crippen LogP contribution in [-0.4, -0.2) is 17.7 Å². The normalized spacial score (nSPS) is 54.6. The van der Waals surface area contributed by atoms with Crippen LogP contribution in [0.4, 0.5) is 4.39 Å². The van der Waals surface area contributed by atoms with Gasteiger partial charge in [0, 0.05) is 24.2 Å². The first-order chi connectivity index (χ1) is 10.4. The molecule has 22 heavy (non-hydrogen) atoms. The van der Waals surface area contributed by atoms with Gasteiger partial charge in [-0.05, 0) is 61.7 Å². The Hall–Kier alpha value is -0.730. The van der Waals surface area contributed by atoms with Crippen LogP contribution in [0, 0.1) is 34.5 Å². The minimum atomic E-state index is -0.674. The molecule has 0 radical (unpaired) electrons. The van der Waals surface area contributed by atoms with Crippen LogP contribution in [0.25, 0.3) is 0 Å². The van der Waals surface area contributed by atoms with Gasteiger partial charge in [0.1, 0.15) is 17.7 Å². The minimum Gasteiger partial charge on any atom is -0.299 e. The van der Waals surface area contributed by atoms with E-state index in [9.17, 15) is 14.0 Å². The van der Waals surface area contributed by atoms with Gasteiger partial charge in [-0.15, -0.1) is 0 Å². The van der Waals surface area contributed by atoms with Crippen LogP contribution in [0.5, 0.6) is 0 Å². The van der Waals surface area contributed by atoms with E-state index < -0.39 is 11.6 Å². The number of carbonyl (C=O) groups is 2. The third-order valence-electron chi connectivity index (χ3n) is 8.00. The third-order valence-corrected chi connectivity index (χ3v) is 8.00. The highest BCUT2D eigenvalue weighted by molar-refractivity contribution is 5.95. The van der Waals surface area contributed by atoms with Crippen LogP contribution in [0.2, 0.25) is 0 Å². The summed E-state index contributed by atoms with van der Waals surface area (Å²) >= 11 is 0. The summed E-state index contributed by atoms with van der Waals surface area (Å²) in [5.74, 6) is 1.83. The molecule has 0 heterocycles. The molecular formula is C19H27FO2. The minimum absolute atomic E-state index is 0.0183. The van der Waals surface area contributed by atoms with E-state index in [2.05, 4.69) is 6.92 Å². The summed E-state index contributed by atoms with van der Waals surface area (Å²) in [6.07, 6.45) is 5.58. The smallest absolute Gasteiger partial charge is 0.139 e. The molecule has 122 valence electrons. The van der Waals surface area contributed by atoms with E-state index >= 15 is 0 Å². The van der Waals surface area contributed by atoms with Crippen molar-refractivity contribution in [2.45, 2.75) is 71.4 Å². The summed E-state index contributed by atoms with van der Waals surface area (Å²) in [6.45, 7) is 4.28. The van der Waals surface area contributed by atoms with E-state index in [1.165, 1.54) is 0 Å². The van der Waals surface area contributed by atoms with E-state index in [4.69, 9.17) is 0 Å². The van der Waals surface area contributed by atoms with Gasteiger partial charge in [0.15, 0.2) is 0 Å². The van der Waals surface area contributed by atoms with Crippen molar-refractivity contribution in [3.05, 3.63) is 0 Å². The van der Waals surface area contributed by atoms with Crippen molar-refractivity contribution in [1.29, 1.82) is 0 Å². The predicted octanol–water partition coefficient (Wildman–Crippen LogP) is 4.12. The number of halogens is 1. The van der Waals surface area contributed by atoms with E-state index in [-0.39, 0.29) is 11.3 Å². The van der Waals surface area contributed by atoms with E-state index in [1.807, 2.05) is 6.92 Å². The largest absolute Gasteiger partial charge is 0.299 e. The summed E-state index contributed by atoms with van der Waals surface area (Å²) in [5, 5.41) is 0. The van der Waals surface area contributed by atoms with Gasteiger partial charge >= 0.3 is 0 Å². The molecule has 4 rings (SSSR count). The summed E-state index contributed by atoms with van der Waals surface area (Å²) in [7, 11) is 0. The van der Waals surface area contributed by atoms with Gasteiger partial charge in [0.25, 0.3) is 0 Å². The van der Waals surface area contributed by atoms with Crippen molar-refractivity contribution < 1.29 is 14.0 Å². The molecule has 4 aliphatic carbocycles. The number of rotatable bonds is 0. The molecule has 0 aromatic rings. The van der Waals surface area contributed by atoms with Gasteiger partial charge in [0.05, 0.1) is 0 Å². The summed E-state index contributed by atoms with van der Waals surface area (Å²) in [5.41, 5.74) is -0.408. The summed E-state index contributed by atoms with van der Waals surface area (Å²) in [4.78, 5) is 25.4. The quantitative estimate of drug-likeness (QED) is 0.675. The first-order valence-corrected chi connectivity index (χ1v) is 9.06. The standard InChI is InChI=1S/C19H27FO2/c1-18-8-7-12(20)9-11(18)3-4-13-14-5-6-16(22)19(14,2)10-15(21)17(13)18/h11-14,17H,3-10H2,1-2H3/t11-,12?,13?,14?,17?,18?,19?/m0/s1. The number of alkyl halides is 1. The van der Waals surface area contributed by atoms with Gasteiger partial charge < -0.3 is 0 Å². The van der Waals surface area contributed by atoms with Crippen LogP contribution in [0.15, 0.2) is 0 Å². The lowest BCUT2D eigenvalue weighted by Gasteiger charge is -2.58. The molecule has 0 N–H and O–H groups in total. The molecule has 3 heteroatoms. The molecule has 0 amide bonds. The maximum absolute atomic E-state index is 13.8. The SMILES string of the molecule is CC12CC(=O)C3C(CC[C@H]4CC(F)CCC34C)C1CCC2=O. The Morgan fingerprint density at radius 2 is 1.86 bits per heavy atom. The lowest BCUT2D eigenvalue weighted by atomic mass is 9.45. The number of ketones is 2. The molecule has 0 bridgehead atoms. The monoisotopic (exact) mass is 306 g/mol. The average Bonchev–Trinajstić information content (AvgIpc) is 2.75. The molecule has 0 aromatic carbocycles. The second-order valence-electron chi connectivity index (χ2n) is 8.92. The fraction of sp³-hybridized carbons (Fsp3) is 0.895. The van der Waals surface area contributed by atoms with Crippen LogP contribution in [0.3, 0.4) is 0 Å². The Kier molecular flexibility index (Phi) is 3.13. The molecule has 0 saturated heterocycles. The van der Waals surface area contributed by atoms with Crippen molar-refractivity contribution >= 4 is 11.6 Å². The van der Waals surface area contributed by atoms with Crippen LogP contribution < -0.4 is 0 Å². The fourth-order valence-corrected chi connectivity index (χ4v) is 6.80. The Morgan fingerprint density at radius 1 is 1.09 bits per heavy atom. The molecule has 7 atom stereocenters. The predicted molar refractivity (Wildman–Crippen MR) is 82.0 cm³/mol. The van der Waals surface area contributed by atoms with Crippen LogP contribution >= 0.6 is 0 Å². The van der Waals surface area contributed by atoms with Crippen molar-refractivity contribution in [3.63, 3.8) is 0 Å². The second kappa shape index (κ2) is 4.64. The molecular weight excluding hydrogens is 279 g/mol. The summed E-state index contributed by atoms with van der Waals surface area (Å²) in [6, 6.07) is 0. The number of fused-ring (bicyclic) bond motifs is 5. The van der Waals surface area contributed by atoms with Crippen molar-refractivity contribution in [3.8, 4) is 0 Å². The van der Waals surface area contributed by atoms with Crippen molar-refractivity contribution in [2.75, 3.05) is 0 Å². The maximum Gasteiger partial charge on any atom is 0.139 e. The highest BCUT2D eigenvalue weighted by Gasteiger charge is 2.63. The van der Waals surface area contributed by atoms with Gasteiger partial charge in [-0.2, -0.15) is 0 Å². The topological polar surface area (TPSA) is 34.1 Å². The van der Waals surface area contributed by atoms with Crippen molar-refractivity contribution in [1.82, 2.24) is 0 Å². The van der Waals surface area contributed by atoms with Gasteiger partial charge in [-0.25, -0.2) is 4.39 Å². The molecule has 0 aliphatic heterocycles. The highest BCUT2D eigenvalue weighted by atomic mass is 19.1. The molecule has 6 unspecified atom stereocenters. The van der Waals surface area contributed by atoms with E-state index in [1.54, 1.807) is 0 Å². The highest BCUT2D eigenvalue weighted by Crippen LogP contribution is 2.64. The van der Waals surface area contributed by atoms with E-state index in [0.717, 1.165) is 25.7 Å². The lowest BCUT2D eigenvalue weighted by Crippen LogP contribution is -2.57. The number of Topliss-reactive ketones (excluding diaryl/α,β-unsaturated/α-hetero) is 2. The Bertz CT molecular complexity index is 530. The molecule has 4 saturated carbocycles. The third kappa shape index (κ3) is 1.77. The Morgan fingerprint density at radius 3 is 2.64 bits per heavy atom. The number of carbonyl (C=O) groups excluding carboxylic acids is 2. The van der Waals surface area contributed by atoms with Crippen LogP contribution in [0.1, 0.15) is 65.2 Å². The Balaban J connectivity index is 1.71. The molecule has 0 aromatic heterocycles. The van der Waals surface area contributed by atoms with Crippen molar-refractivity contribution in [2.24, 2.45) is 34.5 Å². The van der Waals surface area contributed by atoms with Gasteiger partial charge in [-0.3, -0.25) is 9.59 Å². The first kappa shape index (κ1) is 14.8. The zero-order chi connectivity index (χ0) is 15.7. The molecule has 0 spiro atoms. The number of hydrogen-bond donors (Lipinski definition) is 0. The molecule has 4 fully saturated rings. The van der Waals surface area contributed by atoms with Gasteiger partial charge in [0.2, 0.25) is 0 Å². The average molecular weight is 306 g/mol. The Labute approximate surface area is 132 Å². The fourth-order valence-electron chi connectivity index (χ4n) is 6.80. The first-order valence-electron chi connectivity index (χ1n) is 9.06. The van der Waals surface area contributed by atoms with Crippen LogP contribution in [-0.2, 0) is 9.59 Å². The zero-order valence-corrected chi connectivity index (χ0v) is 13.7. The molecule has 2 nitrogen and oxygen atoms in total. The van der Waals surface area contributed by atoms with Gasteiger partial charge in [-0.1, -0.05) is 13.8 Å². The maximum atomic E-state index is 13.8. The second-order valence-corrected chi connectivity index (χ2v) is 8.92. The van der Waals surface area contributed by atoms with E-state index in [0.29, 0.717) is 55.0 Å². The number of hydrogen-bond acceptors (Lipinski definition) is 2. The zero-order valence-electron chi connectivity index (χ0n) is 13.7. The lowest BCUT2D eigenvalue weighted by molar-refractivity contribution is -0.161. The molecule has 4 aliphatic rings.